The monoisotopic (exact) mass is 436 g/mol. The van der Waals surface area contributed by atoms with Gasteiger partial charge in [-0.3, -0.25) is 4.79 Å². The lowest BCUT2D eigenvalue weighted by atomic mass is 9.99. The molecule has 10 nitrogen and oxygen atoms in total. The minimum Gasteiger partial charge on any atom is -0.508 e. The Kier molecular flexibility index (Phi) is 6.98. The average molecular weight is 436 g/mol. The Bertz CT molecular complexity index is 911. The van der Waals surface area contributed by atoms with Crippen LogP contribution in [0.4, 0.5) is 0 Å². The zero-order valence-corrected chi connectivity index (χ0v) is 16.3. The zero-order chi connectivity index (χ0) is 22.7. The summed E-state index contributed by atoms with van der Waals surface area (Å²) in [5.74, 6) is -1.74. The number of aromatic hydroxyl groups is 3. The molecule has 0 radical (unpaired) electrons. The van der Waals surface area contributed by atoms with Crippen LogP contribution < -0.4 is 4.74 Å². The van der Waals surface area contributed by atoms with Gasteiger partial charge in [0.25, 0.3) is 0 Å². The Morgan fingerprint density at radius 1 is 0.935 bits per heavy atom. The van der Waals surface area contributed by atoms with Crippen molar-refractivity contribution in [2.75, 3.05) is 6.61 Å². The number of phenolic OH excluding ortho intramolecular Hbond substituents is 3. The van der Waals surface area contributed by atoms with E-state index in [2.05, 4.69) is 0 Å². The van der Waals surface area contributed by atoms with E-state index < -0.39 is 54.6 Å². The molecule has 0 aliphatic carbocycles. The second-order valence-corrected chi connectivity index (χ2v) is 7.24. The molecule has 0 saturated carbocycles. The molecule has 0 aromatic heterocycles. The van der Waals surface area contributed by atoms with Crippen LogP contribution in [0.1, 0.15) is 22.3 Å². The van der Waals surface area contributed by atoms with Gasteiger partial charge < -0.3 is 45.2 Å². The third-order valence-corrected chi connectivity index (χ3v) is 5.01. The Hall–Kier alpha value is -2.89. The largest absolute Gasteiger partial charge is 0.508 e. The lowest BCUT2D eigenvalue weighted by molar-refractivity contribution is -0.277. The van der Waals surface area contributed by atoms with Crippen LogP contribution in [0, 0.1) is 0 Å². The Balaban J connectivity index is 1.82. The summed E-state index contributed by atoms with van der Waals surface area (Å²) in [4.78, 5) is 12.8. The first kappa shape index (κ1) is 22.8. The van der Waals surface area contributed by atoms with Gasteiger partial charge in [-0.15, -0.1) is 0 Å². The van der Waals surface area contributed by atoms with Crippen LogP contribution >= 0.6 is 0 Å². The van der Waals surface area contributed by atoms with E-state index in [4.69, 9.17) is 9.47 Å². The Labute approximate surface area is 177 Å². The van der Waals surface area contributed by atoms with Crippen LogP contribution in [-0.4, -0.2) is 78.8 Å². The van der Waals surface area contributed by atoms with Crippen LogP contribution in [-0.2, 0) is 11.2 Å². The van der Waals surface area contributed by atoms with Crippen molar-refractivity contribution < 1.29 is 50.0 Å². The van der Waals surface area contributed by atoms with E-state index in [0.717, 1.165) is 17.7 Å². The van der Waals surface area contributed by atoms with Crippen LogP contribution in [0.5, 0.6) is 23.0 Å². The molecule has 0 spiro atoms. The van der Waals surface area contributed by atoms with Gasteiger partial charge in [0.05, 0.1) is 6.61 Å². The molecular formula is C21H24O10. The summed E-state index contributed by atoms with van der Waals surface area (Å²) < 4.78 is 10.7. The highest BCUT2D eigenvalue weighted by Crippen LogP contribution is 2.36. The number of Topliss-reactive ketones (excluding diaryl/α,β-unsaturated/α-hetero) is 1. The van der Waals surface area contributed by atoms with Crippen LogP contribution in [0.15, 0.2) is 36.4 Å². The molecule has 168 valence electrons. The number of hydrogen-bond donors (Lipinski definition) is 7. The number of ketones is 1. The molecule has 2 aromatic rings. The van der Waals surface area contributed by atoms with Crippen LogP contribution in [0.25, 0.3) is 0 Å². The molecule has 2 aromatic carbocycles. The molecule has 1 fully saturated rings. The van der Waals surface area contributed by atoms with E-state index >= 15 is 0 Å². The van der Waals surface area contributed by atoms with E-state index in [-0.39, 0.29) is 23.5 Å². The molecule has 0 amide bonds. The van der Waals surface area contributed by atoms with Crippen molar-refractivity contribution >= 4 is 5.78 Å². The van der Waals surface area contributed by atoms with Gasteiger partial charge in [-0.2, -0.15) is 0 Å². The molecule has 7 N–H and O–H groups in total. The van der Waals surface area contributed by atoms with Gasteiger partial charge in [-0.25, -0.2) is 0 Å². The maximum atomic E-state index is 12.8. The second kappa shape index (κ2) is 9.50. The lowest BCUT2D eigenvalue weighted by Gasteiger charge is -2.39. The number of phenols is 3. The maximum absolute atomic E-state index is 12.8. The minimum absolute atomic E-state index is 0.0475. The summed E-state index contributed by atoms with van der Waals surface area (Å²) in [7, 11) is 0. The number of aliphatic hydroxyl groups is 4. The summed E-state index contributed by atoms with van der Waals surface area (Å²) in [5, 5.41) is 68.6. The fourth-order valence-corrected chi connectivity index (χ4v) is 3.30. The van der Waals surface area contributed by atoms with Gasteiger partial charge in [0, 0.05) is 18.6 Å². The van der Waals surface area contributed by atoms with Crippen LogP contribution in [0.2, 0.25) is 0 Å². The SMILES string of the molecule is O=C(CCc1ccc(O)cc1)c1c(O)cc(O)cc1O[C@@H]1O[C@@H](CO)[C@H](O)[C@@H](O)[C@@H]1O. The third kappa shape index (κ3) is 5.06. The lowest BCUT2D eigenvalue weighted by Crippen LogP contribution is -2.60. The number of rotatable bonds is 7. The summed E-state index contributed by atoms with van der Waals surface area (Å²) in [5.41, 5.74) is 0.495. The Morgan fingerprint density at radius 2 is 1.61 bits per heavy atom. The summed E-state index contributed by atoms with van der Waals surface area (Å²) in [6.07, 6.45) is -7.61. The molecule has 5 atom stereocenters. The molecule has 0 unspecified atom stereocenters. The molecule has 31 heavy (non-hydrogen) atoms. The zero-order valence-electron chi connectivity index (χ0n) is 16.3. The van der Waals surface area contributed by atoms with E-state index in [0.29, 0.717) is 6.42 Å². The van der Waals surface area contributed by atoms with Gasteiger partial charge in [-0.05, 0) is 24.1 Å². The van der Waals surface area contributed by atoms with Gasteiger partial charge >= 0.3 is 0 Å². The number of hydrogen-bond acceptors (Lipinski definition) is 10. The highest BCUT2D eigenvalue weighted by molar-refractivity contribution is 6.01. The first-order valence-corrected chi connectivity index (χ1v) is 9.55. The van der Waals surface area contributed by atoms with E-state index in [9.17, 15) is 40.5 Å². The quantitative estimate of drug-likeness (QED) is 0.288. The molecule has 0 bridgehead atoms. The standard InChI is InChI=1S/C21H24O10/c22-9-16-18(27)19(28)20(29)21(31-16)30-15-8-12(24)7-14(26)17(15)13(25)6-3-10-1-4-11(23)5-2-10/h1-2,4-5,7-8,16,18-24,26-29H,3,6,9H2/t16-,18-,19+,20-,21+/m0/s1. The topological polar surface area (TPSA) is 177 Å². The normalized spacial score (nSPS) is 25.9. The first-order valence-electron chi connectivity index (χ1n) is 9.55. The predicted octanol–water partition coefficient (Wildman–Crippen LogP) is -0.202. The fourth-order valence-electron chi connectivity index (χ4n) is 3.30. The molecule has 1 aliphatic heterocycles. The fraction of sp³-hybridized carbons (Fsp3) is 0.381. The summed E-state index contributed by atoms with van der Waals surface area (Å²) >= 11 is 0. The molecule has 1 saturated heterocycles. The summed E-state index contributed by atoms with van der Waals surface area (Å²) in [6, 6.07) is 8.23. The highest BCUT2D eigenvalue weighted by Gasteiger charge is 2.45. The van der Waals surface area contributed by atoms with Crippen molar-refractivity contribution in [1.29, 1.82) is 0 Å². The summed E-state index contributed by atoms with van der Waals surface area (Å²) in [6.45, 7) is -0.672. The number of benzene rings is 2. The minimum atomic E-state index is -1.73. The van der Waals surface area contributed by atoms with Crippen LogP contribution in [0.3, 0.4) is 0 Å². The van der Waals surface area contributed by atoms with Crippen molar-refractivity contribution in [2.45, 2.75) is 43.5 Å². The van der Waals surface area contributed by atoms with E-state index in [1.54, 1.807) is 12.1 Å². The van der Waals surface area contributed by atoms with Gasteiger partial charge in [0.1, 0.15) is 53.0 Å². The van der Waals surface area contributed by atoms with Gasteiger partial charge in [0.15, 0.2) is 5.78 Å². The number of carbonyl (C=O) groups is 1. The van der Waals surface area contributed by atoms with E-state index in [1.165, 1.54) is 12.1 Å². The third-order valence-electron chi connectivity index (χ3n) is 5.01. The highest BCUT2D eigenvalue weighted by atomic mass is 16.7. The average Bonchev–Trinajstić information content (AvgIpc) is 2.73. The van der Waals surface area contributed by atoms with Crippen molar-refractivity contribution in [3.8, 4) is 23.0 Å². The van der Waals surface area contributed by atoms with Gasteiger partial charge in [0.2, 0.25) is 6.29 Å². The Morgan fingerprint density at radius 3 is 2.26 bits per heavy atom. The van der Waals surface area contributed by atoms with Crippen molar-refractivity contribution in [3.05, 3.63) is 47.5 Å². The van der Waals surface area contributed by atoms with Crippen molar-refractivity contribution in [3.63, 3.8) is 0 Å². The molecule has 1 heterocycles. The van der Waals surface area contributed by atoms with E-state index in [1.807, 2.05) is 0 Å². The molecule has 3 rings (SSSR count). The van der Waals surface area contributed by atoms with Crippen molar-refractivity contribution in [2.24, 2.45) is 0 Å². The predicted molar refractivity (Wildman–Crippen MR) is 105 cm³/mol. The number of aryl methyl sites for hydroxylation is 1. The molecule has 10 heteroatoms. The number of ether oxygens (including phenoxy) is 2. The molecular weight excluding hydrogens is 412 g/mol. The second-order valence-electron chi connectivity index (χ2n) is 7.24. The molecule has 1 aliphatic rings. The maximum Gasteiger partial charge on any atom is 0.229 e. The van der Waals surface area contributed by atoms with Crippen molar-refractivity contribution in [1.82, 2.24) is 0 Å². The van der Waals surface area contributed by atoms with Gasteiger partial charge in [-0.1, -0.05) is 12.1 Å². The number of aliphatic hydroxyl groups excluding tert-OH is 4. The smallest absolute Gasteiger partial charge is 0.229 e. The number of carbonyl (C=O) groups excluding carboxylic acids is 1. The first-order chi connectivity index (χ1) is 14.7.